The summed E-state index contributed by atoms with van der Waals surface area (Å²) in [5.41, 5.74) is 0.881. The van der Waals surface area contributed by atoms with Gasteiger partial charge >= 0.3 is 0 Å². The first-order chi connectivity index (χ1) is 9.90. The fraction of sp³-hybridized carbons (Fsp3) is 0.214. The zero-order valence-electron chi connectivity index (χ0n) is 11.3. The number of nitrogens with one attached hydrogen (secondary N) is 1. The van der Waals surface area contributed by atoms with Gasteiger partial charge in [0.25, 0.3) is 0 Å². The highest BCUT2D eigenvalue weighted by atomic mass is 35.5. The van der Waals surface area contributed by atoms with Crippen LogP contribution in [-0.2, 0) is 16.4 Å². The molecule has 0 saturated carbocycles. The zero-order chi connectivity index (χ0) is 15.5. The van der Waals surface area contributed by atoms with Crippen LogP contribution in [0.2, 0.25) is 10.0 Å². The fourth-order valence-electron chi connectivity index (χ4n) is 1.92. The lowest BCUT2D eigenvalue weighted by Gasteiger charge is -2.15. The van der Waals surface area contributed by atoms with E-state index in [9.17, 15) is 8.42 Å². The minimum Gasteiger partial charge on any atom is -0.263 e. The van der Waals surface area contributed by atoms with Crippen molar-refractivity contribution in [2.24, 2.45) is 0 Å². The Balaban J connectivity index is 2.14. The zero-order valence-corrected chi connectivity index (χ0v) is 13.6. The van der Waals surface area contributed by atoms with Crippen molar-refractivity contribution in [3.63, 3.8) is 0 Å². The maximum absolute atomic E-state index is 12.3. The first-order valence-electron chi connectivity index (χ1n) is 6.25. The maximum atomic E-state index is 12.3. The molecule has 112 valence electrons. The number of benzene rings is 1. The van der Waals surface area contributed by atoms with E-state index in [1.807, 2.05) is 18.2 Å². The first kappa shape index (κ1) is 16.2. The van der Waals surface area contributed by atoms with E-state index in [1.165, 1.54) is 18.5 Å². The van der Waals surface area contributed by atoms with E-state index in [4.69, 9.17) is 23.2 Å². The largest absolute Gasteiger partial charge is 0.263 e. The van der Waals surface area contributed by atoms with Gasteiger partial charge in [0, 0.05) is 23.5 Å². The molecular weight excluding hydrogens is 331 g/mol. The summed E-state index contributed by atoms with van der Waals surface area (Å²) in [7, 11) is -3.71. The van der Waals surface area contributed by atoms with Crippen LogP contribution in [0.4, 0.5) is 0 Å². The molecule has 0 fully saturated rings. The van der Waals surface area contributed by atoms with Crippen molar-refractivity contribution in [1.82, 2.24) is 9.71 Å². The van der Waals surface area contributed by atoms with Gasteiger partial charge in [-0.15, -0.1) is 0 Å². The third-order valence-corrected chi connectivity index (χ3v) is 5.29. The molecule has 1 aromatic carbocycles. The van der Waals surface area contributed by atoms with Gasteiger partial charge in [0.1, 0.15) is 4.90 Å². The van der Waals surface area contributed by atoms with Crippen LogP contribution in [-0.4, -0.2) is 19.4 Å². The normalized spacial score (nSPS) is 13.1. The molecule has 0 amide bonds. The van der Waals surface area contributed by atoms with Gasteiger partial charge in [-0.3, -0.25) is 4.98 Å². The van der Waals surface area contributed by atoms with Crippen LogP contribution in [0.3, 0.4) is 0 Å². The summed E-state index contributed by atoms with van der Waals surface area (Å²) in [5.74, 6) is 0. The standard InChI is InChI=1S/C14H14Cl2N2O2S/c1-10(8-11-4-2-3-5-12(11)15)18-21(19,20)14-9-17-7-6-13(14)16/h2-7,9-10,18H,8H2,1H3. The predicted molar refractivity (Wildman–Crippen MR) is 84.2 cm³/mol. The maximum Gasteiger partial charge on any atom is 0.243 e. The molecule has 21 heavy (non-hydrogen) atoms. The molecule has 1 atom stereocenters. The van der Waals surface area contributed by atoms with Crippen molar-refractivity contribution in [2.45, 2.75) is 24.3 Å². The van der Waals surface area contributed by atoms with Crippen molar-refractivity contribution < 1.29 is 8.42 Å². The molecule has 4 nitrogen and oxygen atoms in total. The highest BCUT2D eigenvalue weighted by Gasteiger charge is 2.21. The van der Waals surface area contributed by atoms with Crippen LogP contribution >= 0.6 is 23.2 Å². The lowest BCUT2D eigenvalue weighted by molar-refractivity contribution is 0.559. The average molecular weight is 345 g/mol. The minimum absolute atomic E-state index is 0.0299. The molecule has 1 N–H and O–H groups in total. The summed E-state index contributed by atoms with van der Waals surface area (Å²) in [5, 5.41) is 0.755. The number of hydrogen-bond donors (Lipinski definition) is 1. The number of aromatic nitrogens is 1. The summed E-state index contributed by atoms with van der Waals surface area (Å²) in [6.07, 6.45) is 3.15. The van der Waals surface area contributed by atoms with Gasteiger partial charge in [0.05, 0.1) is 5.02 Å². The van der Waals surface area contributed by atoms with E-state index in [2.05, 4.69) is 9.71 Å². The van der Waals surface area contributed by atoms with Gasteiger partial charge in [-0.25, -0.2) is 13.1 Å². The van der Waals surface area contributed by atoms with Crippen molar-refractivity contribution in [3.05, 3.63) is 58.3 Å². The Labute approximate surface area is 134 Å². The Morgan fingerprint density at radius 1 is 1.19 bits per heavy atom. The van der Waals surface area contributed by atoms with Crippen molar-refractivity contribution >= 4 is 33.2 Å². The second kappa shape index (κ2) is 6.75. The van der Waals surface area contributed by atoms with Gasteiger partial charge < -0.3 is 0 Å². The first-order valence-corrected chi connectivity index (χ1v) is 8.49. The molecule has 2 rings (SSSR count). The van der Waals surface area contributed by atoms with Crippen molar-refractivity contribution in [2.75, 3.05) is 0 Å². The van der Waals surface area contributed by atoms with Gasteiger partial charge in [0.15, 0.2) is 0 Å². The molecule has 0 saturated heterocycles. The van der Waals surface area contributed by atoms with Crippen LogP contribution in [0.5, 0.6) is 0 Å². The molecule has 2 aromatic rings. The Hall–Kier alpha value is -1.14. The van der Waals surface area contributed by atoms with Crippen molar-refractivity contribution in [1.29, 1.82) is 0 Å². The SMILES string of the molecule is CC(Cc1ccccc1Cl)NS(=O)(=O)c1cnccc1Cl. The quantitative estimate of drug-likeness (QED) is 0.905. The summed E-state index contributed by atoms with van der Waals surface area (Å²) in [6.45, 7) is 1.77. The number of hydrogen-bond acceptors (Lipinski definition) is 3. The summed E-state index contributed by atoms with van der Waals surface area (Å²) in [6, 6.07) is 8.44. The van der Waals surface area contributed by atoms with Crippen molar-refractivity contribution in [3.8, 4) is 0 Å². The van der Waals surface area contributed by atoms with Crippen LogP contribution in [0, 0.1) is 0 Å². The van der Waals surface area contributed by atoms with E-state index < -0.39 is 10.0 Å². The molecule has 0 aliphatic rings. The Bertz CT molecular complexity index is 735. The molecule has 1 heterocycles. The number of halogens is 2. The molecule has 1 unspecified atom stereocenters. The third-order valence-electron chi connectivity index (χ3n) is 2.86. The Kier molecular flexibility index (Phi) is 5.22. The van der Waals surface area contributed by atoms with E-state index in [0.717, 1.165) is 5.56 Å². The molecule has 0 aliphatic heterocycles. The van der Waals surface area contributed by atoms with Crippen LogP contribution in [0.1, 0.15) is 12.5 Å². The molecule has 0 aliphatic carbocycles. The molecule has 7 heteroatoms. The van der Waals surface area contributed by atoms with E-state index in [1.54, 1.807) is 13.0 Å². The predicted octanol–water partition coefficient (Wildman–Crippen LogP) is 3.30. The second-order valence-corrected chi connectivity index (χ2v) is 7.12. The fourth-order valence-corrected chi connectivity index (χ4v) is 3.81. The average Bonchev–Trinajstić information content (AvgIpc) is 2.41. The molecule has 0 spiro atoms. The smallest absolute Gasteiger partial charge is 0.243 e. The summed E-state index contributed by atoms with van der Waals surface area (Å²) in [4.78, 5) is 3.76. The third kappa shape index (κ3) is 4.17. The number of rotatable bonds is 5. The Morgan fingerprint density at radius 2 is 1.90 bits per heavy atom. The molecule has 0 bridgehead atoms. The summed E-state index contributed by atoms with van der Waals surface area (Å²) < 4.78 is 27.1. The highest BCUT2D eigenvalue weighted by molar-refractivity contribution is 7.89. The highest BCUT2D eigenvalue weighted by Crippen LogP contribution is 2.21. The Morgan fingerprint density at radius 3 is 2.57 bits per heavy atom. The minimum atomic E-state index is -3.71. The molecule has 1 aromatic heterocycles. The molecule has 0 radical (unpaired) electrons. The van der Waals surface area contributed by atoms with Crippen LogP contribution in [0.15, 0.2) is 47.6 Å². The number of pyridine rings is 1. The number of nitrogens with zero attached hydrogens (tertiary/aromatic N) is 1. The molecular formula is C14H14Cl2N2O2S. The summed E-state index contributed by atoms with van der Waals surface area (Å²) >= 11 is 12.0. The topological polar surface area (TPSA) is 59.1 Å². The van der Waals surface area contributed by atoms with Gasteiger partial charge in [-0.1, -0.05) is 41.4 Å². The van der Waals surface area contributed by atoms with E-state index in [-0.39, 0.29) is 16.0 Å². The van der Waals surface area contributed by atoms with E-state index in [0.29, 0.717) is 11.4 Å². The lowest BCUT2D eigenvalue weighted by atomic mass is 10.1. The van der Waals surface area contributed by atoms with Gasteiger partial charge in [-0.05, 0) is 31.0 Å². The monoisotopic (exact) mass is 344 g/mol. The van der Waals surface area contributed by atoms with Gasteiger partial charge in [-0.2, -0.15) is 0 Å². The number of sulfonamides is 1. The van der Waals surface area contributed by atoms with E-state index >= 15 is 0 Å². The van der Waals surface area contributed by atoms with Crippen LogP contribution in [0.25, 0.3) is 0 Å². The lowest BCUT2D eigenvalue weighted by Crippen LogP contribution is -2.34. The van der Waals surface area contributed by atoms with Gasteiger partial charge in [0.2, 0.25) is 10.0 Å². The second-order valence-electron chi connectivity index (χ2n) is 4.62. The van der Waals surface area contributed by atoms with Crippen LogP contribution < -0.4 is 4.72 Å².